The maximum absolute atomic E-state index is 5.98. The van der Waals surface area contributed by atoms with Gasteiger partial charge in [-0.1, -0.05) is 16.8 Å². The number of nitrogens with zero attached hydrogens (tertiary/aromatic N) is 1. The normalized spacial score (nSPS) is 10.5. The van der Waals surface area contributed by atoms with E-state index in [-0.39, 0.29) is 0 Å². The van der Waals surface area contributed by atoms with Crippen LogP contribution in [0.15, 0.2) is 28.9 Å². The lowest BCUT2D eigenvalue weighted by Crippen LogP contribution is -2.02. The third-order valence-corrected chi connectivity index (χ3v) is 2.70. The van der Waals surface area contributed by atoms with Crippen molar-refractivity contribution in [3.8, 4) is 17.1 Å². The fourth-order valence-corrected chi connectivity index (χ4v) is 1.85. The molecule has 4 nitrogen and oxygen atoms in total. The number of rotatable bonds is 4. The van der Waals surface area contributed by atoms with Crippen molar-refractivity contribution in [2.45, 2.75) is 6.42 Å². The van der Waals surface area contributed by atoms with Gasteiger partial charge in [-0.05, 0) is 31.2 Å². The molecule has 0 atom stereocenters. The quantitative estimate of drug-likeness (QED) is 0.908. The second kappa shape index (κ2) is 5.21. The zero-order valence-corrected chi connectivity index (χ0v) is 10.2. The van der Waals surface area contributed by atoms with Crippen molar-refractivity contribution < 1.29 is 9.26 Å². The smallest absolute Gasteiger partial charge is 0.173 e. The van der Waals surface area contributed by atoms with E-state index in [1.54, 1.807) is 31.5 Å². The van der Waals surface area contributed by atoms with Crippen LogP contribution < -0.4 is 10.5 Å². The number of benzene rings is 1. The topological polar surface area (TPSA) is 61.3 Å². The summed E-state index contributed by atoms with van der Waals surface area (Å²) in [5.41, 5.74) is 7.28. The highest BCUT2D eigenvalue weighted by atomic mass is 35.5. The van der Waals surface area contributed by atoms with Gasteiger partial charge >= 0.3 is 0 Å². The van der Waals surface area contributed by atoms with Crippen LogP contribution in [0.25, 0.3) is 11.3 Å². The third-order valence-electron chi connectivity index (χ3n) is 2.46. The Hall–Kier alpha value is -1.52. The lowest BCUT2D eigenvalue weighted by molar-refractivity contribution is 0.406. The molecule has 1 heterocycles. The van der Waals surface area contributed by atoms with Gasteiger partial charge in [-0.2, -0.15) is 0 Å². The monoisotopic (exact) mass is 252 g/mol. The van der Waals surface area contributed by atoms with Gasteiger partial charge in [0.25, 0.3) is 0 Å². The number of halogens is 1. The fourth-order valence-electron chi connectivity index (χ4n) is 1.67. The molecule has 0 bridgehead atoms. The molecule has 0 saturated carbocycles. The minimum Gasteiger partial charge on any atom is -0.496 e. The molecule has 5 heteroatoms. The standard InChI is InChI=1S/C12H13ClN2O2/c1-16-11-3-2-9(13)6-10(11)12-8(4-5-14)7-15-17-12/h2-3,6-7H,4-5,14H2,1H3. The molecule has 90 valence electrons. The lowest BCUT2D eigenvalue weighted by Gasteiger charge is -2.07. The molecular formula is C12H13ClN2O2. The average molecular weight is 253 g/mol. The average Bonchev–Trinajstić information content (AvgIpc) is 2.77. The molecule has 17 heavy (non-hydrogen) atoms. The number of aromatic nitrogens is 1. The van der Waals surface area contributed by atoms with Gasteiger partial charge < -0.3 is 15.0 Å². The maximum Gasteiger partial charge on any atom is 0.173 e. The van der Waals surface area contributed by atoms with Gasteiger partial charge in [0.1, 0.15) is 5.75 Å². The molecule has 1 aromatic carbocycles. The second-order valence-electron chi connectivity index (χ2n) is 3.56. The Labute approximate surface area is 104 Å². The number of hydrogen-bond donors (Lipinski definition) is 1. The van der Waals surface area contributed by atoms with Crippen molar-refractivity contribution in [2.24, 2.45) is 5.73 Å². The van der Waals surface area contributed by atoms with Crippen LogP contribution in [-0.4, -0.2) is 18.8 Å². The predicted octanol–water partition coefficient (Wildman–Crippen LogP) is 2.50. The Morgan fingerprint density at radius 3 is 3.00 bits per heavy atom. The number of hydrogen-bond acceptors (Lipinski definition) is 4. The molecule has 0 saturated heterocycles. The van der Waals surface area contributed by atoms with E-state index in [0.717, 1.165) is 11.1 Å². The highest BCUT2D eigenvalue weighted by Crippen LogP contribution is 2.34. The summed E-state index contributed by atoms with van der Waals surface area (Å²) in [5, 5.41) is 4.41. The molecule has 0 spiro atoms. The molecule has 0 aliphatic rings. The molecule has 2 N–H and O–H groups in total. The van der Waals surface area contributed by atoms with Gasteiger partial charge in [0.15, 0.2) is 5.76 Å². The molecule has 2 aromatic rings. The summed E-state index contributed by atoms with van der Waals surface area (Å²) in [6.07, 6.45) is 2.37. The van der Waals surface area contributed by atoms with Gasteiger partial charge in [0, 0.05) is 10.6 Å². The number of methoxy groups -OCH3 is 1. The fraction of sp³-hybridized carbons (Fsp3) is 0.250. The molecule has 0 aliphatic carbocycles. The molecule has 0 fully saturated rings. The second-order valence-corrected chi connectivity index (χ2v) is 4.00. The minimum atomic E-state index is 0.539. The largest absolute Gasteiger partial charge is 0.496 e. The van der Waals surface area contributed by atoms with Gasteiger partial charge in [-0.15, -0.1) is 0 Å². The summed E-state index contributed by atoms with van der Waals surface area (Å²) in [6, 6.07) is 5.36. The summed E-state index contributed by atoms with van der Waals surface area (Å²) in [6.45, 7) is 0.539. The van der Waals surface area contributed by atoms with Crippen LogP contribution in [0.5, 0.6) is 5.75 Å². The van der Waals surface area contributed by atoms with E-state index >= 15 is 0 Å². The van der Waals surface area contributed by atoms with Gasteiger partial charge in [-0.3, -0.25) is 0 Å². The first kappa shape index (κ1) is 12.0. The summed E-state index contributed by atoms with van der Waals surface area (Å²) in [7, 11) is 1.60. The SMILES string of the molecule is COc1ccc(Cl)cc1-c1oncc1CCN. The van der Waals surface area contributed by atoms with E-state index in [2.05, 4.69) is 5.16 Å². The molecule has 0 radical (unpaired) electrons. The number of ether oxygens (including phenoxy) is 1. The Balaban J connectivity index is 2.51. The Kier molecular flexibility index (Phi) is 3.66. The maximum atomic E-state index is 5.98. The van der Waals surface area contributed by atoms with E-state index in [1.165, 1.54) is 0 Å². The first-order chi connectivity index (χ1) is 8.26. The summed E-state index contributed by atoms with van der Waals surface area (Å²) in [4.78, 5) is 0. The van der Waals surface area contributed by atoms with Crippen molar-refractivity contribution in [2.75, 3.05) is 13.7 Å². The Bertz CT molecular complexity index is 511. The number of nitrogens with two attached hydrogens (primary N) is 1. The summed E-state index contributed by atoms with van der Waals surface area (Å²) >= 11 is 5.98. The van der Waals surface area contributed by atoms with Crippen LogP contribution in [-0.2, 0) is 6.42 Å². The highest BCUT2D eigenvalue weighted by molar-refractivity contribution is 6.30. The lowest BCUT2D eigenvalue weighted by atomic mass is 10.1. The summed E-state index contributed by atoms with van der Waals surface area (Å²) in [5.74, 6) is 1.36. The van der Waals surface area contributed by atoms with Gasteiger partial charge in [-0.25, -0.2) is 0 Å². The van der Waals surface area contributed by atoms with Crippen molar-refractivity contribution in [1.82, 2.24) is 5.16 Å². The third kappa shape index (κ3) is 2.43. The van der Waals surface area contributed by atoms with Crippen LogP contribution in [0.2, 0.25) is 5.02 Å². The van der Waals surface area contributed by atoms with Crippen LogP contribution in [0.1, 0.15) is 5.56 Å². The van der Waals surface area contributed by atoms with Gasteiger partial charge in [0.05, 0.1) is 18.9 Å². The van der Waals surface area contributed by atoms with Crippen molar-refractivity contribution >= 4 is 11.6 Å². The van der Waals surface area contributed by atoms with Crippen molar-refractivity contribution in [3.05, 3.63) is 35.0 Å². The van der Waals surface area contributed by atoms with E-state index in [9.17, 15) is 0 Å². The first-order valence-corrected chi connectivity index (χ1v) is 5.61. The Morgan fingerprint density at radius 2 is 2.29 bits per heavy atom. The van der Waals surface area contributed by atoms with Crippen LogP contribution in [0.4, 0.5) is 0 Å². The summed E-state index contributed by atoms with van der Waals surface area (Å²) < 4.78 is 10.5. The molecule has 0 unspecified atom stereocenters. The highest BCUT2D eigenvalue weighted by Gasteiger charge is 2.15. The predicted molar refractivity (Wildman–Crippen MR) is 66.3 cm³/mol. The molecule has 1 aromatic heterocycles. The van der Waals surface area contributed by atoms with E-state index in [4.69, 9.17) is 26.6 Å². The molecular weight excluding hydrogens is 240 g/mol. The van der Waals surface area contributed by atoms with Gasteiger partial charge in [0.2, 0.25) is 0 Å². The van der Waals surface area contributed by atoms with E-state index in [0.29, 0.717) is 29.5 Å². The van der Waals surface area contributed by atoms with Crippen LogP contribution in [0.3, 0.4) is 0 Å². The van der Waals surface area contributed by atoms with Crippen LogP contribution >= 0.6 is 11.6 Å². The van der Waals surface area contributed by atoms with E-state index in [1.807, 2.05) is 0 Å². The molecule has 2 rings (SSSR count). The van der Waals surface area contributed by atoms with Crippen molar-refractivity contribution in [3.63, 3.8) is 0 Å². The zero-order chi connectivity index (χ0) is 12.3. The Morgan fingerprint density at radius 1 is 1.47 bits per heavy atom. The first-order valence-electron chi connectivity index (χ1n) is 5.23. The van der Waals surface area contributed by atoms with E-state index < -0.39 is 0 Å². The molecule has 0 amide bonds. The van der Waals surface area contributed by atoms with Crippen molar-refractivity contribution in [1.29, 1.82) is 0 Å². The minimum absolute atomic E-state index is 0.539. The zero-order valence-electron chi connectivity index (χ0n) is 9.44. The van der Waals surface area contributed by atoms with Crippen LogP contribution in [0, 0.1) is 0 Å². The molecule has 0 aliphatic heterocycles.